The van der Waals surface area contributed by atoms with E-state index in [1.807, 2.05) is 12.1 Å². The molecule has 0 unspecified atom stereocenters. The third-order valence-electron chi connectivity index (χ3n) is 4.22. The fourth-order valence-electron chi connectivity index (χ4n) is 3.07. The van der Waals surface area contributed by atoms with E-state index in [0.717, 1.165) is 24.8 Å². The number of hydrogen-bond acceptors (Lipinski definition) is 3. The van der Waals surface area contributed by atoms with E-state index in [-0.39, 0.29) is 24.1 Å². The molecule has 0 spiro atoms. The zero-order valence-corrected chi connectivity index (χ0v) is 12.7. The zero-order valence-electron chi connectivity index (χ0n) is 12.7. The van der Waals surface area contributed by atoms with Crippen LogP contribution >= 0.6 is 0 Å². The van der Waals surface area contributed by atoms with Gasteiger partial charge in [-0.05, 0) is 36.0 Å². The number of nitro benzene ring substituents is 1. The second kappa shape index (κ2) is 6.60. The molecule has 1 aliphatic rings. The molecule has 1 N–H and O–H groups in total. The number of amides is 1. The standard InChI is InChI=1S/C18H18N2O3/c21-18(12-13-8-10-15(11-9-13)20(22)23)19-17-7-3-5-14-4-1-2-6-16(14)17/h1-2,4,6,8-11,17H,3,5,7,12H2,(H,19,21)/t17-/m0/s1. The molecule has 0 heterocycles. The Labute approximate surface area is 134 Å². The van der Waals surface area contributed by atoms with Gasteiger partial charge in [-0.3, -0.25) is 14.9 Å². The number of rotatable bonds is 4. The van der Waals surface area contributed by atoms with Crippen LogP contribution < -0.4 is 5.32 Å². The van der Waals surface area contributed by atoms with Crippen molar-refractivity contribution in [3.8, 4) is 0 Å². The van der Waals surface area contributed by atoms with Crippen LogP contribution in [0.4, 0.5) is 5.69 Å². The fraction of sp³-hybridized carbons (Fsp3) is 0.278. The first-order valence-corrected chi connectivity index (χ1v) is 7.74. The minimum Gasteiger partial charge on any atom is -0.349 e. The van der Waals surface area contributed by atoms with Crippen molar-refractivity contribution >= 4 is 11.6 Å². The maximum absolute atomic E-state index is 12.3. The van der Waals surface area contributed by atoms with Crippen molar-refractivity contribution in [2.45, 2.75) is 31.7 Å². The van der Waals surface area contributed by atoms with Crippen molar-refractivity contribution in [1.82, 2.24) is 5.32 Å². The van der Waals surface area contributed by atoms with Crippen LogP contribution in [0.1, 0.15) is 35.6 Å². The van der Waals surface area contributed by atoms with Gasteiger partial charge in [-0.25, -0.2) is 0 Å². The molecule has 1 atom stereocenters. The molecule has 2 aromatic rings. The van der Waals surface area contributed by atoms with Crippen molar-refractivity contribution in [3.05, 3.63) is 75.3 Å². The summed E-state index contributed by atoms with van der Waals surface area (Å²) in [5.41, 5.74) is 3.32. The van der Waals surface area contributed by atoms with Crippen LogP contribution in [0.5, 0.6) is 0 Å². The second-order valence-corrected chi connectivity index (χ2v) is 5.81. The van der Waals surface area contributed by atoms with E-state index < -0.39 is 4.92 Å². The van der Waals surface area contributed by atoms with Gasteiger partial charge in [0, 0.05) is 12.1 Å². The average molecular weight is 310 g/mol. The van der Waals surface area contributed by atoms with Crippen LogP contribution in [0.3, 0.4) is 0 Å². The van der Waals surface area contributed by atoms with Crippen LogP contribution in [-0.4, -0.2) is 10.8 Å². The Hall–Kier alpha value is -2.69. The highest BCUT2D eigenvalue weighted by Gasteiger charge is 2.21. The number of fused-ring (bicyclic) bond motifs is 1. The van der Waals surface area contributed by atoms with Gasteiger partial charge in [0.1, 0.15) is 0 Å². The predicted molar refractivity (Wildman–Crippen MR) is 87.1 cm³/mol. The molecule has 0 fully saturated rings. The lowest BCUT2D eigenvalue weighted by atomic mass is 9.87. The van der Waals surface area contributed by atoms with E-state index >= 15 is 0 Å². The number of nitro groups is 1. The Kier molecular flexibility index (Phi) is 4.37. The van der Waals surface area contributed by atoms with Crippen LogP contribution in [-0.2, 0) is 17.6 Å². The summed E-state index contributed by atoms with van der Waals surface area (Å²) >= 11 is 0. The zero-order chi connectivity index (χ0) is 16.2. The van der Waals surface area contributed by atoms with E-state index in [9.17, 15) is 14.9 Å². The summed E-state index contributed by atoms with van der Waals surface area (Å²) in [5, 5.41) is 13.7. The van der Waals surface area contributed by atoms with Crippen LogP contribution in [0, 0.1) is 10.1 Å². The van der Waals surface area contributed by atoms with Gasteiger partial charge >= 0.3 is 0 Å². The number of nitrogens with zero attached hydrogens (tertiary/aromatic N) is 1. The monoisotopic (exact) mass is 310 g/mol. The van der Waals surface area contributed by atoms with Crippen molar-refractivity contribution in [2.75, 3.05) is 0 Å². The lowest BCUT2D eigenvalue weighted by molar-refractivity contribution is -0.384. The summed E-state index contributed by atoms with van der Waals surface area (Å²) < 4.78 is 0. The maximum atomic E-state index is 12.3. The highest BCUT2D eigenvalue weighted by molar-refractivity contribution is 5.79. The number of carbonyl (C=O) groups excluding carboxylic acids is 1. The Balaban J connectivity index is 1.65. The van der Waals surface area contributed by atoms with Gasteiger partial charge in [0.25, 0.3) is 5.69 Å². The van der Waals surface area contributed by atoms with Crippen molar-refractivity contribution in [2.24, 2.45) is 0 Å². The summed E-state index contributed by atoms with van der Waals surface area (Å²) in [7, 11) is 0. The first-order valence-electron chi connectivity index (χ1n) is 7.74. The summed E-state index contributed by atoms with van der Waals surface area (Å²) in [6.07, 6.45) is 3.31. The lowest BCUT2D eigenvalue weighted by Crippen LogP contribution is -2.32. The van der Waals surface area contributed by atoms with Gasteiger partial charge in [-0.15, -0.1) is 0 Å². The molecule has 0 radical (unpaired) electrons. The molecule has 3 rings (SSSR count). The Morgan fingerprint density at radius 2 is 1.91 bits per heavy atom. The summed E-state index contributed by atoms with van der Waals surface area (Å²) in [4.78, 5) is 22.5. The van der Waals surface area contributed by atoms with Gasteiger partial charge in [-0.1, -0.05) is 36.4 Å². The van der Waals surface area contributed by atoms with Crippen molar-refractivity contribution in [1.29, 1.82) is 0 Å². The van der Waals surface area contributed by atoms with E-state index in [2.05, 4.69) is 17.4 Å². The highest BCUT2D eigenvalue weighted by atomic mass is 16.6. The number of benzene rings is 2. The van der Waals surface area contributed by atoms with Gasteiger partial charge in [-0.2, -0.15) is 0 Å². The van der Waals surface area contributed by atoms with Gasteiger partial charge in [0.15, 0.2) is 0 Å². The minimum atomic E-state index is -0.442. The van der Waals surface area contributed by atoms with Gasteiger partial charge in [0.2, 0.25) is 5.91 Å². The molecule has 1 amide bonds. The number of non-ortho nitro benzene ring substituents is 1. The topological polar surface area (TPSA) is 72.2 Å². The van der Waals surface area contributed by atoms with Crippen LogP contribution in [0.2, 0.25) is 0 Å². The van der Waals surface area contributed by atoms with E-state index in [0.29, 0.717) is 0 Å². The molecule has 118 valence electrons. The molecule has 0 aromatic heterocycles. The summed E-state index contributed by atoms with van der Waals surface area (Å²) in [5.74, 6) is -0.0550. The molecule has 0 saturated heterocycles. The molecule has 1 aliphatic carbocycles. The van der Waals surface area contributed by atoms with Gasteiger partial charge < -0.3 is 5.32 Å². The molecule has 5 heteroatoms. The average Bonchev–Trinajstić information content (AvgIpc) is 2.55. The maximum Gasteiger partial charge on any atom is 0.269 e. The number of hydrogen-bond donors (Lipinski definition) is 1. The molecular weight excluding hydrogens is 292 g/mol. The fourth-order valence-corrected chi connectivity index (χ4v) is 3.07. The largest absolute Gasteiger partial charge is 0.349 e. The SMILES string of the molecule is O=C(Cc1ccc([N+](=O)[O-])cc1)N[C@H]1CCCc2ccccc21. The molecule has 0 saturated carbocycles. The first-order chi connectivity index (χ1) is 11.1. The van der Waals surface area contributed by atoms with Crippen LogP contribution in [0.25, 0.3) is 0 Å². The first kappa shape index (κ1) is 15.2. The third kappa shape index (κ3) is 3.56. The Morgan fingerprint density at radius 3 is 2.65 bits per heavy atom. The number of aryl methyl sites for hydroxylation is 1. The quantitative estimate of drug-likeness (QED) is 0.695. The van der Waals surface area contributed by atoms with Gasteiger partial charge in [0.05, 0.1) is 17.4 Å². The Morgan fingerprint density at radius 1 is 1.17 bits per heavy atom. The van der Waals surface area contributed by atoms with Crippen molar-refractivity contribution in [3.63, 3.8) is 0 Å². The lowest BCUT2D eigenvalue weighted by Gasteiger charge is -2.26. The second-order valence-electron chi connectivity index (χ2n) is 5.81. The highest BCUT2D eigenvalue weighted by Crippen LogP contribution is 2.29. The minimum absolute atomic E-state index is 0.0374. The number of carbonyl (C=O) groups is 1. The Bertz CT molecular complexity index is 725. The van der Waals surface area contributed by atoms with E-state index in [1.165, 1.54) is 23.3 Å². The molecule has 23 heavy (non-hydrogen) atoms. The predicted octanol–water partition coefficient (Wildman–Crippen LogP) is 3.33. The molecule has 5 nitrogen and oxygen atoms in total. The molecule has 2 aromatic carbocycles. The van der Waals surface area contributed by atoms with Crippen molar-refractivity contribution < 1.29 is 9.72 Å². The molecular formula is C18H18N2O3. The van der Waals surface area contributed by atoms with E-state index in [1.54, 1.807) is 12.1 Å². The number of nitrogens with one attached hydrogen (secondary N) is 1. The third-order valence-corrected chi connectivity index (χ3v) is 4.22. The van der Waals surface area contributed by atoms with Crippen LogP contribution in [0.15, 0.2) is 48.5 Å². The smallest absolute Gasteiger partial charge is 0.269 e. The molecule has 0 aliphatic heterocycles. The summed E-state index contributed by atoms with van der Waals surface area (Å²) in [6.45, 7) is 0. The molecule has 0 bridgehead atoms. The normalized spacial score (nSPS) is 16.4. The van der Waals surface area contributed by atoms with E-state index in [4.69, 9.17) is 0 Å². The summed E-state index contributed by atoms with van der Waals surface area (Å²) in [6, 6.07) is 14.4.